The van der Waals surface area contributed by atoms with E-state index < -0.39 is 0 Å². The lowest BCUT2D eigenvalue weighted by Gasteiger charge is -2.30. The number of aromatic nitrogens is 2. The van der Waals surface area contributed by atoms with Crippen LogP contribution in [0.1, 0.15) is 17.7 Å². The Morgan fingerprint density at radius 1 is 1.37 bits per heavy atom. The molecule has 0 saturated carbocycles. The average molecular weight is 390 g/mol. The smallest absolute Gasteiger partial charge is 0.241 e. The number of carbonyl (C=O) groups excluding carboxylic acids is 1. The number of hydrogen-bond donors (Lipinski definition) is 2. The molecular weight excluding hydrogens is 362 g/mol. The van der Waals surface area contributed by atoms with Gasteiger partial charge in [-0.2, -0.15) is 0 Å². The van der Waals surface area contributed by atoms with Gasteiger partial charge in [-0.15, -0.1) is 0 Å². The quantitative estimate of drug-likeness (QED) is 0.561. The lowest BCUT2D eigenvalue weighted by molar-refractivity contribution is -0.130. The van der Waals surface area contributed by atoms with Crippen LogP contribution in [0.2, 0.25) is 0 Å². The van der Waals surface area contributed by atoms with Gasteiger partial charge >= 0.3 is 0 Å². The first-order valence-corrected chi connectivity index (χ1v) is 10.6. The van der Waals surface area contributed by atoms with Crippen LogP contribution in [0.5, 0.6) is 0 Å². The maximum atomic E-state index is 12.4. The molecule has 2 atom stereocenters. The van der Waals surface area contributed by atoms with E-state index in [0.29, 0.717) is 0 Å². The van der Waals surface area contributed by atoms with Gasteiger partial charge in [0.2, 0.25) is 5.91 Å². The number of thioether (sulfide) groups is 1. The molecule has 3 aliphatic heterocycles. The highest BCUT2D eigenvalue weighted by atomic mass is 32.2. The Balaban J connectivity index is 1.59. The number of rotatable bonds is 3. The summed E-state index contributed by atoms with van der Waals surface area (Å²) in [7, 11) is 3.61. The largest absolute Gasteiger partial charge is 0.350 e. The standard InChI is InChI=1S/C18H27N7OS/c1-23(2)17(26)14-9-12-11-24(7-4-8-25(12)22-14)16-13-5-6-19-10-15(13)20-18(21-16)27-3/h4,8,12,14,19,22H,5-7,9-11H2,1-3H3. The minimum atomic E-state index is -0.167. The molecule has 0 aliphatic carbocycles. The molecule has 3 aliphatic rings. The number of likely N-dealkylation sites (N-methyl/N-ethyl adjacent to an activating group) is 1. The first-order chi connectivity index (χ1) is 13.1. The van der Waals surface area contributed by atoms with Crippen molar-refractivity contribution in [2.24, 2.45) is 0 Å². The zero-order valence-electron chi connectivity index (χ0n) is 16.1. The molecule has 0 aromatic carbocycles. The summed E-state index contributed by atoms with van der Waals surface area (Å²) in [6.45, 7) is 3.41. The zero-order valence-corrected chi connectivity index (χ0v) is 16.9. The molecule has 27 heavy (non-hydrogen) atoms. The predicted molar refractivity (Wildman–Crippen MR) is 106 cm³/mol. The third-order valence-electron chi connectivity index (χ3n) is 5.34. The fourth-order valence-corrected chi connectivity index (χ4v) is 4.36. The van der Waals surface area contributed by atoms with Crippen molar-refractivity contribution < 1.29 is 4.79 Å². The number of amides is 1. The molecule has 0 bridgehead atoms. The van der Waals surface area contributed by atoms with Gasteiger partial charge in [0.15, 0.2) is 5.16 Å². The fourth-order valence-electron chi connectivity index (χ4n) is 3.98. The van der Waals surface area contributed by atoms with Crippen molar-refractivity contribution in [1.29, 1.82) is 0 Å². The first kappa shape index (κ1) is 18.5. The van der Waals surface area contributed by atoms with Crippen molar-refractivity contribution >= 4 is 23.5 Å². The second kappa shape index (κ2) is 7.65. The highest BCUT2D eigenvalue weighted by Crippen LogP contribution is 2.29. The lowest BCUT2D eigenvalue weighted by Crippen LogP contribution is -2.43. The molecule has 1 saturated heterocycles. The van der Waals surface area contributed by atoms with Crippen LogP contribution in [-0.4, -0.2) is 77.9 Å². The highest BCUT2D eigenvalue weighted by molar-refractivity contribution is 7.98. The van der Waals surface area contributed by atoms with Gasteiger partial charge in [-0.25, -0.2) is 15.4 Å². The molecule has 1 aromatic heterocycles. The predicted octanol–water partition coefficient (Wildman–Crippen LogP) is 0.214. The number of nitrogens with zero attached hydrogens (tertiary/aromatic N) is 5. The number of nitrogens with one attached hydrogen (secondary N) is 2. The van der Waals surface area contributed by atoms with Crippen LogP contribution in [0, 0.1) is 0 Å². The van der Waals surface area contributed by atoms with Crippen molar-refractivity contribution in [3.8, 4) is 0 Å². The number of hydrogen-bond acceptors (Lipinski definition) is 8. The van der Waals surface area contributed by atoms with Crippen molar-refractivity contribution in [2.45, 2.75) is 36.6 Å². The summed E-state index contributed by atoms with van der Waals surface area (Å²) in [5, 5.41) is 6.32. The van der Waals surface area contributed by atoms with Gasteiger partial charge in [0, 0.05) is 45.5 Å². The summed E-state index contributed by atoms with van der Waals surface area (Å²) < 4.78 is 0. The molecule has 0 radical (unpaired) electrons. The minimum Gasteiger partial charge on any atom is -0.350 e. The van der Waals surface area contributed by atoms with E-state index in [4.69, 9.17) is 9.97 Å². The van der Waals surface area contributed by atoms with Crippen LogP contribution in [0.25, 0.3) is 0 Å². The first-order valence-electron chi connectivity index (χ1n) is 9.38. The molecule has 4 rings (SSSR count). The molecule has 4 heterocycles. The fraction of sp³-hybridized carbons (Fsp3) is 0.611. The molecule has 2 N–H and O–H groups in total. The molecular formula is C18H27N7OS. The number of fused-ring (bicyclic) bond motifs is 2. The monoisotopic (exact) mass is 389 g/mol. The second-order valence-electron chi connectivity index (χ2n) is 7.39. The summed E-state index contributed by atoms with van der Waals surface area (Å²) in [6, 6.07) is 0.0718. The maximum absolute atomic E-state index is 12.4. The molecule has 2 unspecified atom stereocenters. The van der Waals surface area contributed by atoms with E-state index in [-0.39, 0.29) is 18.0 Å². The topological polar surface area (TPSA) is 76.6 Å². The Hall–Kier alpha value is -1.84. The van der Waals surface area contributed by atoms with Crippen LogP contribution in [0.15, 0.2) is 17.4 Å². The van der Waals surface area contributed by atoms with E-state index in [1.54, 1.807) is 30.8 Å². The second-order valence-corrected chi connectivity index (χ2v) is 8.16. The van der Waals surface area contributed by atoms with Gasteiger partial charge in [0.1, 0.15) is 11.9 Å². The summed E-state index contributed by atoms with van der Waals surface area (Å²) >= 11 is 1.58. The Kier molecular flexibility index (Phi) is 5.25. The summed E-state index contributed by atoms with van der Waals surface area (Å²) in [5.74, 6) is 1.18. The molecule has 9 heteroatoms. The van der Waals surface area contributed by atoms with E-state index in [9.17, 15) is 4.79 Å². The van der Waals surface area contributed by atoms with Crippen molar-refractivity contribution in [2.75, 3.05) is 44.9 Å². The molecule has 1 aromatic rings. The average Bonchev–Trinajstić information content (AvgIpc) is 2.97. The highest BCUT2D eigenvalue weighted by Gasteiger charge is 2.37. The zero-order chi connectivity index (χ0) is 19.0. The Morgan fingerprint density at radius 2 is 2.22 bits per heavy atom. The van der Waals surface area contributed by atoms with Crippen molar-refractivity contribution in [3.63, 3.8) is 0 Å². The van der Waals surface area contributed by atoms with E-state index >= 15 is 0 Å². The van der Waals surface area contributed by atoms with Crippen LogP contribution in [-0.2, 0) is 17.8 Å². The van der Waals surface area contributed by atoms with Gasteiger partial charge in [0.05, 0.1) is 11.7 Å². The molecule has 1 amide bonds. The Morgan fingerprint density at radius 3 is 3.00 bits per heavy atom. The van der Waals surface area contributed by atoms with Gasteiger partial charge in [-0.05, 0) is 31.7 Å². The number of anilines is 1. The van der Waals surface area contributed by atoms with E-state index in [0.717, 1.165) is 55.7 Å². The molecule has 1 fully saturated rings. The molecule has 8 nitrogen and oxygen atoms in total. The summed E-state index contributed by atoms with van der Waals surface area (Å²) in [5.41, 5.74) is 5.73. The van der Waals surface area contributed by atoms with Crippen LogP contribution in [0.4, 0.5) is 5.82 Å². The summed E-state index contributed by atoms with van der Waals surface area (Å²) in [6.07, 6.45) is 7.97. The third kappa shape index (κ3) is 3.63. The maximum Gasteiger partial charge on any atom is 0.241 e. The van der Waals surface area contributed by atoms with Crippen LogP contribution >= 0.6 is 11.8 Å². The van der Waals surface area contributed by atoms with Gasteiger partial charge < -0.3 is 20.1 Å². The Labute approximate surface area is 164 Å². The van der Waals surface area contributed by atoms with E-state index in [1.165, 1.54) is 5.56 Å². The van der Waals surface area contributed by atoms with Gasteiger partial charge in [-0.1, -0.05) is 11.8 Å². The lowest BCUT2D eigenvalue weighted by atomic mass is 10.1. The number of carbonyl (C=O) groups is 1. The van der Waals surface area contributed by atoms with E-state index in [1.807, 2.05) is 6.26 Å². The molecule has 146 valence electrons. The van der Waals surface area contributed by atoms with Crippen molar-refractivity contribution in [3.05, 3.63) is 23.5 Å². The third-order valence-corrected chi connectivity index (χ3v) is 5.89. The normalized spacial score (nSPS) is 24.4. The van der Waals surface area contributed by atoms with E-state index in [2.05, 4.69) is 32.9 Å². The van der Waals surface area contributed by atoms with Gasteiger partial charge in [0.25, 0.3) is 0 Å². The number of hydrazine groups is 1. The SMILES string of the molecule is CSc1nc2c(c(N3CC=CN4NC(C(=O)N(C)C)CC4C3)n1)CCNC2. The minimum absolute atomic E-state index is 0.123. The Bertz CT molecular complexity index is 753. The summed E-state index contributed by atoms with van der Waals surface area (Å²) in [4.78, 5) is 25.9. The van der Waals surface area contributed by atoms with Gasteiger partial charge in [-0.3, -0.25) is 4.79 Å². The van der Waals surface area contributed by atoms with Crippen LogP contribution < -0.4 is 15.6 Å². The molecule has 0 spiro atoms. The van der Waals surface area contributed by atoms with Crippen molar-refractivity contribution in [1.82, 2.24) is 30.6 Å². The van der Waals surface area contributed by atoms with Crippen LogP contribution in [0.3, 0.4) is 0 Å².